The zero-order chi connectivity index (χ0) is 22.2. The molecular weight excluding hydrogens is 438 g/mol. The molecule has 3 aromatic carbocycles. The predicted molar refractivity (Wildman–Crippen MR) is 119 cm³/mol. The molecule has 1 heterocycles. The molecule has 0 aliphatic carbocycles. The number of anilines is 1. The number of amidine groups is 1. The average molecular weight is 456 g/mol. The second-order valence-corrected chi connectivity index (χ2v) is 9.02. The Hall–Kier alpha value is -3.04. The zero-order valence-corrected chi connectivity index (χ0v) is 17.7. The van der Waals surface area contributed by atoms with Crippen molar-refractivity contribution in [3.8, 4) is 0 Å². The van der Waals surface area contributed by atoms with E-state index < -0.39 is 21.5 Å². The number of rotatable bonds is 5. The van der Waals surface area contributed by atoms with Crippen LogP contribution in [0.3, 0.4) is 0 Å². The maximum Gasteiger partial charge on any atom is 0.240 e. The number of hydrogen-bond donors (Lipinski definition) is 2. The highest BCUT2D eigenvalue weighted by Crippen LogP contribution is 2.32. The number of β-amino-alcohol motifs (C(OH)–C–C–N with tert-alkyl or cyclic N) is 1. The normalized spacial score (nSPS) is 18.7. The molecule has 0 saturated carbocycles. The van der Waals surface area contributed by atoms with Gasteiger partial charge in [0, 0.05) is 16.8 Å². The summed E-state index contributed by atoms with van der Waals surface area (Å²) < 4.78 is 23.2. The fraction of sp³-hybridized carbons (Fsp3) is 0.0909. The number of Topliss-reactive ketones (excluding diaryl/α,β-unsaturated/α-hetero) is 1. The van der Waals surface area contributed by atoms with Crippen molar-refractivity contribution < 1.29 is 18.3 Å². The van der Waals surface area contributed by atoms with Crippen molar-refractivity contribution in [2.45, 2.75) is 10.6 Å². The summed E-state index contributed by atoms with van der Waals surface area (Å²) in [5.74, 6) is -0.262. The van der Waals surface area contributed by atoms with Gasteiger partial charge in [-0.3, -0.25) is 4.79 Å². The van der Waals surface area contributed by atoms with E-state index in [4.69, 9.17) is 16.7 Å². The van der Waals surface area contributed by atoms with Crippen LogP contribution in [0.2, 0.25) is 5.02 Å². The van der Waals surface area contributed by atoms with Crippen molar-refractivity contribution in [1.82, 2.24) is 0 Å². The third-order valence-corrected chi connectivity index (χ3v) is 6.18. The number of halogens is 1. The molecule has 4 rings (SSSR count). The van der Waals surface area contributed by atoms with Crippen molar-refractivity contribution in [3.05, 3.63) is 95.0 Å². The molecule has 0 saturated heterocycles. The number of carbonyl (C=O) groups is 1. The number of aliphatic hydroxyl groups is 1. The standard InChI is InChI=1S/C22H18ClN3O4S/c23-19-9-5-4-8-18(19)21-25-22(28,20(27)15-6-2-1-3-7-15)14-26(21)16-10-12-17(13-11-16)31(24,29)30/h1-13,28H,14H2,(H2,24,29,30). The van der Waals surface area contributed by atoms with Gasteiger partial charge in [-0.1, -0.05) is 54.1 Å². The van der Waals surface area contributed by atoms with Gasteiger partial charge in [0.25, 0.3) is 0 Å². The topological polar surface area (TPSA) is 113 Å². The Morgan fingerprint density at radius 1 is 1.00 bits per heavy atom. The van der Waals surface area contributed by atoms with E-state index in [9.17, 15) is 18.3 Å². The first-order valence-electron chi connectivity index (χ1n) is 9.26. The quantitative estimate of drug-likeness (QED) is 0.574. The van der Waals surface area contributed by atoms with Gasteiger partial charge in [0.05, 0.1) is 16.5 Å². The fourth-order valence-corrected chi connectivity index (χ4v) is 4.12. The van der Waals surface area contributed by atoms with Crippen LogP contribution in [0.4, 0.5) is 5.69 Å². The van der Waals surface area contributed by atoms with Gasteiger partial charge in [-0.25, -0.2) is 18.5 Å². The van der Waals surface area contributed by atoms with Crippen LogP contribution < -0.4 is 10.0 Å². The fourth-order valence-electron chi connectivity index (χ4n) is 3.39. The Balaban J connectivity index is 1.80. The van der Waals surface area contributed by atoms with Crippen LogP contribution in [-0.4, -0.2) is 37.4 Å². The molecule has 9 heteroatoms. The molecule has 1 atom stereocenters. The number of primary sulfonamides is 1. The molecule has 31 heavy (non-hydrogen) atoms. The van der Waals surface area contributed by atoms with Gasteiger partial charge in [0.1, 0.15) is 5.84 Å². The van der Waals surface area contributed by atoms with E-state index in [2.05, 4.69) is 4.99 Å². The van der Waals surface area contributed by atoms with E-state index in [1.54, 1.807) is 59.5 Å². The monoisotopic (exact) mass is 455 g/mol. The van der Waals surface area contributed by atoms with Gasteiger partial charge in [-0.05, 0) is 36.4 Å². The highest BCUT2D eigenvalue weighted by molar-refractivity contribution is 7.89. The summed E-state index contributed by atoms with van der Waals surface area (Å²) in [4.78, 5) is 19.0. The second kappa shape index (κ2) is 7.90. The number of sulfonamides is 1. The van der Waals surface area contributed by atoms with Crippen LogP contribution in [0.15, 0.2) is 88.8 Å². The van der Waals surface area contributed by atoms with E-state index in [1.165, 1.54) is 24.3 Å². The molecule has 1 aliphatic heterocycles. The number of nitrogens with two attached hydrogens (primary N) is 1. The third-order valence-electron chi connectivity index (χ3n) is 4.92. The van der Waals surface area contributed by atoms with Crippen molar-refractivity contribution in [2.24, 2.45) is 10.1 Å². The first-order valence-corrected chi connectivity index (χ1v) is 11.2. The minimum atomic E-state index is -3.86. The SMILES string of the molecule is NS(=O)(=O)c1ccc(N2CC(O)(C(=O)c3ccccc3)N=C2c2ccccc2Cl)cc1. The highest BCUT2D eigenvalue weighted by atomic mass is 35.5. The van der Waals surface area contributed by atoms with Crippen LogP contribution in [0.5, 0.6) is 0 Å². The molecule has 3 N–H and O–H groups in total. The maximum atomic E-state index is 13.1. The van der Waals surface area contributed by atoms with Crippen LogP contribution in [-0.2, 0) is 10.0 Å². The first-order chi connectivity index (χ1) is 14.7. The first kappa shape index (κ1) is 21.2. The minimum absolute atomic E-state index is 0.0534. The van der Waals surface area contributed by atoms with E-state index in [-0.39, 0.29) is 11.4 Å². The summed E-state index contributed by atoms with van der Waals surface area (Å²) in [6.07, 6.45) is 0. The van der Waals surface area contributed by atoms with Gasteiger partial charge in [0.2, 0.25) is 21.5 Å². The van der Waals surface area contributed by atoms with Gasteiger partial charge in [0.15, 0.2) is 0 Å². The molecule has 158 valence electrons. The van der Waals surface area contributed by atoms with E-state index in [0.29, 0.717) is 27.7 Å². The van der Waals surface area contributed by atoms with Crippen LogP contribution in [0.1, 0.15) is 15.9 Å². The third kappa shape index (κ3) is 4.11. The molecular formula is C22H18ClN3O4S. The Bertz CT molecular complexity index is 1280. The smallest absolute Gasteiger partial charge is 0.240 e. The number of hydrogen-bond acceptors (Lipinski definition) is 6. The van der Waals surface area contributed by atoms with Crippen molar-refractivity contribution in [1.29, 1.82) is 0 Å². The number of ketones is 1. The Labute approximate surface area is 184 Å². The summed E-state index contributed by atoms with van der Waals surface area (Å²) in [7, 11) is -3.86. The number of nitrogens with zero attached hydrogens (tertiary/aromatic N) is 2. The van der Waals surface area contributed by atoms with Crippen molar-refractivity contribution in [3.63, 3.8) is 0 Å². The summed E-state index contributed by atoms with van der Waals surface area (Å²) in [5, 5.41) is 16.8. The number of benzene rings is 3. The molecule has 0 spiro atoms. The molecule has 1 aliphatic rings. The number of carbonyl (C=O) groups excluding carboxylic acids is 1. The lowest BCUT2D eigenvalue weighted by atomic mass is 10.0. The van der Waals surface area contributed by atoms with Gasteiger partial charge >= 0.3 is 0 Å². The molecule has 0 amide bonds. The Morgan fingerprint density at radius 2 is 1.61 bits per heavy atom. The minimum Gasteiger partial charge on any atom is -0.362 e. The second-order valence-electron chi connectivity index (χ2n) is 7.05. The molecule has 0 bridgehead atoms. The van der Waals surface area contributed by atoms with E-state index >= 15 is 0 Å². The molecule has 0 fully saturated rings. The van der Waals surface area contributed by atoms with Crippen LogP contribution >= 0.6 is 11.6 Å². The van der Waals surface area contributed by atoms with Gasteiger partial charge < -0.3 is 10.0 Å². The highest BCUT2D eigenvalue weighted by Gasteiger charge is 2.45. The van der Waals surface area contributed by atoms with Crippen LogP contribution in [0.25, 0.3) is 0 Å². The van der Waals surface area contributed by atoms with E-state index in [0.717, 1.165) is 0 Å². The van der Waals surface area contributed by atoms with Gasteiger partial charge in [-0.15, -0.1) is 0 Å². The lowest BCUT2D eigenvalue weighted by Gasteiger charge is -2.24. The Kier molecular flexibility index (Phi) is 5.40. The zero-order valence-electron chi connectivity index (χ0n) is 16.1. The van der Waals surface area contributed by atoms with Gasteiger partial charge in [-0.2, -0.15) is 0 Å². The summed E-state index contributed by atoms with van der Waals surface area (Å²) in [6, 6.07) is 21.1. The lowest BCUT2D eigenvalue weighted by Crippen LogP contribution is -2.42. The molecule has 0 aromatic heterocycles. The van der Waals surface area contributed by atoms with E-state index in [1.807, 2.05) is 0 Å². The average Bonchev–Trinajstić information content (AvgIpc) is 3.12. The molecule has 1 unspecified atom stereocenters. The largest absolute Gasteiger partial charge is 0.362 e. The van der Waals surface area contributed by atoms with Crippen LogP contribution in [0, 0.1) is 0 Å². The summed E-state index contributed by atoms with van der Waals surface area (Å²) >= 11 is 6.36. The van der Waals surface area contributed by atoms with Crippen molar-refractivity contribution >= 4 is 38.9 Å². The summed E-state index contributed by atoms with van der Waals surface area (Å²) in [6.45, 7) is -0.171. The van der Waals surface area contributed by atoms with Crippen molar-refractivity contribution in [2.75, 3.05) is 11.4 Å². The molecule has 3 aromatic rings. The molecule has 0 radical (unpaired) electrons. The predicted octanol–water partition coefficient (Wildman–Crippen LogP) is 2.83. The maximum absolute atomic E-state index is 13.1. The lowest BCUT2D eigenvalue weighted by molar-refractivity contribution is 0.0438. The molecule has 7 nitrogen and oxygen atoms in total. The Morgan fingerprint density at radius 3 is 2.23 bits per heavy atom. The number of aliphatic imine (C=N–C) groups is 1. The summed E-state index contributed by atoms with van der Waals surface area (Å²) in [5.41, 5.74) is -0.688.